The third-order valence-electron chi connectivity index (χ3n) is 4.39. The second-order valence-electron chi connectivity index (χ2n) is 6.18. The van der Waals surface area contributed by atoms with Crippen LogP contribution in [0.25, 0.3) is 11.4 Å². The van der Waals surface area contributed by atoms with Crippen molar-refractivity contribution in [3.05, 3.63) is 22.7 Å². The Hall–Kier alpha value is -1.69. The Morgan fingerprint density at radius 3 is 2.74 bits per heavy atom. The SMILES string of the molecule is CCCC(CCC)C(=O)N1CC(c2nc(-c3ccsc3)no2)C1. The lowest BCUT2D eigenvalue weighted by Crippen LogP contribution is -2.50. The monoisotopic (exact) mass is 333 g/mol. The van der Waals surface area contributed by atoms with Crippen molar-refractivity contribution in [2.45, 2.75) is 45.4 Å². The van der Waals surface area contributed by atoms with E-state index in [1.807, 2.05) is 21.7 Å². The second kappa shape index (κ2) is 7.25. The predicted molar refractivity (Wildman–Crippen MR) is 90.2 cm³/mol. The molecule has 0 N–H and O–H groups in total. The number of carbonyl (C=O) groups excluding carboxylic acids is 1. The summed E-state index contributed by atoms with van der Waals surface area (Å²) in [5, 5.41) is 8.04. The molecule has 3 heterocycles. The van der Waals surface area contributed by atoms with Crippen LogP contribution in [0.5, 0.6) is 0 Å². The van der Waals surface area contributed by atoms with Gasteiger partial charge in [0.1, 0.15) is 0 Å². The van der Waals surface area contributed by atoms with Gasteiger partial charge in [0.05, 0.1) is 5.92 Å². The van der Waals surface area contributed by atoms with Crippen molar-refractivity contribution in [2.75, 3.05) is 13.1 Å². The van der Waals surface area contributed by atoms with Gasteiger partial charge in [0, 0.05) is 30.0 Å². The minimum absolute atomic E-state index is 0.176. The van der Waals surface area contributed by atoms with Gasteiger partial charge in [0.2, 0.25) is 17.6 Å². The van der Waals surface area contributed by atoms with E-state index in [0.717, 1.165) is 31.2 Å². The molecule has 0 atom stereocenters. The number of nitrogens with zero attached hydrogens (tertiary/aromatic N) is 3. The minimum atomic E-state index is 0.176. The summed E-state index contributed by atoms with van der Waals surface area (Å²) in [5.74, 6) is 1.94. The second-order valence-corrected chi connectivity index (χ2v) is 6.96. The Morgan fingerprint density at radius 2 is 2.13 bits per heavy atom. The summed E-state index contributed by atoms with van der Waals surface area (Å²) < 4.78 is 5.38. The standard InChI is InChI=1S/C17H23N3O2S/c1-3-5-12(6-4-2)17(21)20-9-14(10-20)16-18-15(19-22-16)13-7-8-23-11-13/h7-8,11-12,14H,3-6,9-10H2,1-2H3. The maximum atomic E-state index is 12.5. The quantitative estimate of drug-likeness (QED) is 0.770. The molecular weight excluding hydrogens is 310 g/mol. The first kappa shape index (κ1) is 16.2. The molecule has 0 unspecified atom stereocenters. The highest BCUT2D eigenvalue weighted by Crippen LogP contribution is 2.30. The molecule has 0 radical (unpaired) electrons. The van der Waals surface area contributed by atoms with Gasteiger partial charge in [-0.05, 0) is 24.3 Å². The molecule has 0 bridgehead atoms. The van der Waals surface area contributed by atoms with Gasteiger partial charge in [-0.15, -0.1) is 0 Å². The van der Waals surface area contributed by atoms with E-state index in [9.17, 15) is 4.79 Å². The average Bonchev–Trinajstić information content (AvgIpc) is 3.16. The van der Waals surface area contributed by atoms with Crippen LogP contribution in [0.15, 0.2) is 21.3 Å². The fourth-order valence-electron chi connectivity index (χ4n) is 3.07. The normalized spacial score (nSPS) is 15.2. The van der Waals surface area contributed by atoms with Crippen molar-refractivity contribution in [2.24, 2.45) is 5.92 Å². The van der Waals surface area contributed by atoms with Crippen LogP contribution in [0.1, 0.15) is 51.3 Å². The Bertz CT molecular complexity index is 626. The fourth-order valence-corrected chi connectivity index (χ4v) is 3.71. The first-order valence-corrected chi connectivity index (χ1v) is 9.32. The molecule has 1 aliphatic rings. The van der Waals surface area contributed by atoms with Gasteiger partial charge < -0.3 is 9.42 Å². The first-order chi connectivity index (χ1) is 11.2. The molecule has 124 valence electrons. The van der Waals surface area contributed by atoms with Crippen LogP contribution in [-0.2, 0) is 4.79 Å². The highest BCUT2D eigenvalue weighted by Gasteiger charge is 2.37. The van der Waals surface area contributed by atoms with Crippen molar-refractivity contribution in [1.82, 2.24) is 15.0 Å². The Kier molecular flexibility index (Phi) is 5.10. The van der Waals surface area contributed by atoms with Gasteiger partial charge in [0.15, 0.2) is 0 Å². The number of aromatic nitrogens is 2. The number of rotatable bonds is 7. The minimum Gasteiger partial charge on any atom is -0.341 e. The third kappa shape index (κ3) is 3.47. The predicted octanol–water partition coefficient (Wildman–Crippen LogP) is 3.94. The van der Waals surface area contributed by atoms with E-state index in [4.69, 9.17) is 4.52 Å². The zero-order chi connectivity index (χ0) is 16.2. The first-order valence-electron chi connectivity index (χ1n) is 8.37. The molecule has 1 fully saturated rings. The van der Waals surface area contributed by atoms with E-state index in [0.29, 0.717) is 30.7 Å². The van der Waals surface area contributed by atoms with Gasteiger partial charge >= 0.3 is 0 Å². The zero-order valence-electron chi connectivity index (χ0n) is 13.7. The largest absolute Gasteiger partial charge is 0.341 e. The van der Waals surface area contributed by atoms with E-state index in [-0.39, 0.29) is 11.8 Å². The lowest BCUT2D eigenvalue weighted by atomic mass is 9.92. The number of likely N-dealkylation sites (tertiary alicyclic amines) is 1. The highest BCUT2D eigenvalue weighted by atomic mass is 32.1. The topological polar surface area (TPSA) is 59.2 Å². The molecule has 2 aromatic rings. The van der Waals surface area contributed by atoms with Crippen LogP contribution in [0.3, 0.4) is 0 Å². The Labute approximate surface area is 140 Å². The van der Waals surface area contributed by atoms with Crippen LogP contribution in [-0.4, -0.2) is 34.0 Å². The lowest BCUT2D eigenvalue weighted by Gasteiger charge is -2.39. The molecule has 0 aromatic carbocycles. The van der Waals surface area contributed by atoms with Gasteiger partial charge in [-0.2, -0.15) is 16.3 Å². The van der Waals surface area contributed by atoms with Gasteiger partial charge in [0.25, 0.3) is 0 Å². The molecule has 1 saturated heterocycles. The molecular formula is C17H23N3O2S. The Balaban J connectivity index is 1.57. The maximum Gasteiger partial charge on any atom is 0.233 e. The van der Waals surface area contributed by atoms with Crippen LogP contribution < -0.4 is 0 Å². The molecule has 0 spiro atoms. The summed E-state index contributed by atoms with van der Waals surface area (Å²) in [6.45, 7) is 5.68. The summed E-state index contributed by atoms with van der Waals surface area (Å²) in [5.41, 5.74) is 0.989. The molecule has 0 saturated carbocycles. The smallest absolute Gasteiger partial charge is 0.233 e. The summed E-state index contributed by atoms with van der Waals surface area (Å²) >= 11 is 1.61. The van der Waals surface area contributed by atoms with Gasteiger partial charge in [-0.3, -0.25) is 4.79 Å². The van der Waals surface area contributed by atoms with Crippen molar-refractivity contribution < 1.29 is 9.32 Å². The van der Waals surface area contributed by atoms with Gasteiger partial charge in [-0.25, -0.2) is 0 Å². The summed E-state index contributed by atoms with van der Waals surface area (Å²) in [6.07, 6.45) is 4.08. The van der Waals surface area contributed by atoms with E-state index in [1.54, 1.807) is 11.3 Å². The van der Waals surface area contributed by atoms with Crippen molar-refractivity contribution >= 4 is 17.2 Å². The molecule has 1 aliphatic heterocycles. The number of hydrogen-bond donors (Lipinski definition) is 0. The van der Waals surface area contributed by atoms with Crippen molar-refractivity contribution in [1.29, 1.82) is 0 Å². The summed E-state index contributed by atoms with van der Waals surface area (Å²) in [6, 6.07) is 1.98. The highest BCUT2D eigenvalue weighted by molar-refractivity contribution is 7.08. The molecule has 3 rings (SSSR count). The van der Waals surface area contributed by atoms with Crippen LogP contribution in [0, 0.1) is 5.92 Å². The lowest BCUT2D eigenvalue weighted by molar-refractivity contribution is -0.141. The molecule has 23 heavy (non-hydrogen) atoms. The average molecular weight is 333 g/mol. The van der Waals surface area contributed by atoms with E-state index < -0.39 is 0 Å². The number of carbonyl (C=O) groups is 1. The number of hydrogen-bond acceptors (Lipinski definition) is 5. The van der Waals surface area contributed by atoms with Crippen LogP contribution in [0.2, 0.25) is 0 Å². The maximum absolute atomic E-state index is 12.5. The van der Waals surface area contributed by atoms with E-state index >= 15 is 0 Å². The fraction of sp³-hybridized carbons (Fsp3) is 0.588. The zero-order valence-corrected chi connectivity index (χ0v) is 14.5. The molecule has 5 nitrogen and oxygen atoms in total. The van der Waals surface area contributed by atoms with Crippen molar-refractivity contribution in [3.63, 3.8) is 0 Å². The summed E-state index contributed by atoms with van der Waals surface area (Å²) in [7, 11) is 0. The Morgan fingerprint density at radius 1 is 1.39 bits per heavy atom. The molecule has 2 aromatic heterocycles. The molecule has 0 aliphatic carbocycles. The van der Waals surface area contributed by atoms with Crippen molar-refractivity contribution in [3.8, 4) is 11.4 Å². The van der Waals surface area contributed by atoms with E-state index in [1.165, 1.54) is 0 Å². The molecule has 1 amide bonds. The molecule has 6 heteroatoms. The number of thiophene rings is 1. The summed E-state index contributed by atoms with van der Waals surface area (Å²) in [4.78, 5) is 19.0. The van der Waals surface area contributed by atoms with Gasteiger partial charge in [-0.1, -0.05) is 31.8 Å². The van der Waals surface area contributed by atoms with Crippen LogP contribution >= 0.6 is 11.3 Å². The number of amides is 1. The van der Waals surface area contributed by atoms with Crippen LogP contribution in [0.4, 0.5) is 0 Å². The van der Waals surface area contributed by atoms with E-state index in [2.05, 4.69) is 24.0 Å². The third-order valence-corrected chi connectivity index (χ3v) is 5.07.